The van der Waals surface area contributed by atoms with Gasteiger partial charge in [0.15, 0.2) is 0 Å². The molecule has 3 rings (SSSR count). The van der Waals surface area contributed by atoms with Crippen LogP contribution in [0.25, 0.3) is 0 Å². The van der Waals surface area contributed by atoms with Crippen molar-refractivity contribution in [2.24, 2.45) is 18.1 Å². The van der Waals surface area contributed by atoms with Gasteiger partial charge in [-0.3, -0.25) is 9.48 Å². The average molecular weight is 378 g/mol. The van der Waals surface area contributed by atoms with Gasteiger partial charge in [-0.25, -0.2) is 13.6 Å². The molecule has 0 aliphatic heterocycles. The molecule has 0 spiro atoms. The van der Waals surface area contributed by atoms with E-state index in [-0.39, 0.29) is 34.4 Å². The second kappa shape index (κ2) is 6.82. The molecule has 0 saturated heterocycles. The van der Waals surface area contributed by atoms with Gasteiger partial charge in [0, 0.05) is 24.4 Å². The summed E-state index contributed by atoms with van der Waals surface area (Å²) in [6.45, 7) is 1.73. The number of hydrogen-bond acceptors (Lipinski definition) is 5. The number of nitrogens with zero attached hydrogens (tertiary/aromatic N) is 2. The zero-order valence-electron chi connectivity index (χ0n) is 14.6. The number of carbonyl (C=O) groups excluding carboxylic acids is 1. The van der Waals surface area contributed by atoms with E-state index < -0.39 is 10.0 Å². The molecule has 1 saturated carbocycles. The Bertz CT molecular complexity index is 932. The van der Waals surface area contributed by atoms with E-state index in [1.165, 1.54) is 12.1 Å². The molecular formula is C17H22N4O4S. The van der Waals surface area contributed by atoms with Crippen molar-refractivity contribution in [3.8, 4) is 0 Å². The molecule has 1 amide bonds. The minimum atomic E-state index is -3.90. The van der Waals surface area contributed by atoms with E-state index in [0.717, 1.165) is 5.56 Å². The summed E-state index contributed by atoms with van der Waals surface area (Å²) in [6, 6.07) is 3.91. The van der Waals surface area contributed by atoms with Crippen LogP contribution in [-0.4, -0.2) is 35.3 Å². The van der Waals surface area contributed by atoms with Crippen LogP contribution >= 0.6 is 0 Å². The highest BCUT2D eigenvalue weighted by Crippen LogP contribution is 2.38. The van der Waals surface area contributed by atoms with Gasteiger partial charge in [-0.05, 0) is 43.4 Å². The van der Waals surface area contributed by atoms with Crippen LogP contribution in [0.5, 0.6) is 0 Å². The van der Waals surface area contributed by atoms with Gasteiger partial charge in [-0.15, -0.1) is 0 Å². The van der Waals surface area contributed by atoms with E-state index >= 15 is 0 Å². The lowest BCUT2D eigenvalue weighted by atomic mass is 9.75. The zero-order chi connectivity index (χ0) is 19.1. The second-order valence-corrected chi connectivity index (χ2v) is 8.37. The topological polar surface area (TPSA) is 127 Å². The standard InChI is InChI=1S/C17H22N4O4S/c1-10-3-4-14(26(18,24)25)7-15(10)17(23)20-16(11-5-13(22)6-11)12-8-19-21(2)9-12/h3-4,7-9,11,13,16,22H,5-6H2,1-2H3,(H,20,23)(H2,18,24,25)/t11?,13?,16-/m0/s1. The van der Waals surface area contributed by atoms with Gasteiger partial charge in [0.1, 0.15) is 0 Å². The summed E-state index contributed by atoms with van der Waals surface area (Å²) in [6.07, 6.45) is 4.34. The molecule has 2 aromatic rings. The molecular weight excluding hydrogens is 356 g/mol. The van der Waals surface area contributed by atoms with Crippen molar-refractivity contribution in [3.63, 3.8) is 0 Å². The summed E-state index contributed by atoms with van der Waals surface area (Å²) in [5, 5.41) is 21.9. The maximum Gasteiger partial charge on any atom is 0.252 e. The van der Waals surface area contributed by atoms with E-state index in [9.17, 15) is 18.3 Å². The number of rotatable bonds is 5. The molecule has 8 nitrogen and oxygen atoms in total. The highest BCUT2D eigenvalue weighted by Gasteiger charge is 2.36. The summed E-state index contributed by atoms with van der Waals surface area (Å²) in [7, 11) is -2.11. The Hall–Kier alpha value is -2.23. The predicted octanol–water partition coefficient (Wildman–Crippen LogP) is 0.618. The van der Waals surface area contributed by atoms with Crippen LogP contribution in [0.1, 0.15) is 40.4 Å². The van der Waals surface area contributed by atoms with Crippen molar-refractivity contribution < 1.29 is 18.3 Å². The molecule has 1 heterocycles. The van der Waals surface area contributed by atoms with Crippen molar-refractivity contribution >= 4 is 15.9 Å². The normalized spacial score (nSPS) is 21.1. The predicted molar refractivity (Wildman–Crippen MR) is 94.7 cm³/mol. The minimum absolute atomic E-state index is 0.0971. The Morgan fingerprint density at radius 3 is 2.65 bits per heavy atom. The minimum Gasteiger partial charge on any atom is -0.393 e. The van der Waals surface area contributed by atoms with Crippen molar-refractivity contribution in [3.05, 3.63) is 47.3 Å². The first-order valence-corrected chi connectivity index (χ1v) is 9.80. The molecule has 1 aromatic carbocycles. The highest BCUT2D eigenvalue weighted by molar-refractivity contribution is 7.89. The van der Waals surface area contributed by atoms with Gasteiger partial charge in [0.05, 0.1) is 23.2 Å². The molecule has 0 radical (unpaired) electrons. The molecule has 1 aromatic heterocycles. The highest BCUT2D eigenvalue weighted by atomic mass is 32.2. The van der Waals surface area contributed by atoms with Crippen LogP contribution in [0.15, 0.2) is 35.5 Å². The molecule has 140 valence electrons. The second-order valence-electron chi connectivity index (χ2n) is 6.81. The molecule has 1 aliphatic carbocycles. The summed E-state index contributed by atoms with van der Waals surface area (Å²) in [4.78, 5) is 12.7. The van der Waals surface area contributed by atoms with Gasteiger partial charge in [-0.1, -0.05) is 6.07 Å². The van der Waals surface area contributed by atoms with E-state index in [0.29, 0.717) is 18.4 Å². The Labute approximate surface area is 152 Å². The van der Waals surface area contributed by atoms with Gasteiger partial charge in [0.25, 0.3) is 5.91 Å². The third-order valence-corrected chi connectivity index (χ3v) is 5.68. The number of primary sulfonamides is 1. The van der Waals surface area contributed by atoms with E-state index in [1.807, 2.05) is 6.20 Å². The number of aliphatic hydroxyl groups excluding tert-OH is 1. The average Bonchev–Trinajstić information content (AvgIpc) is 2.95. The zero-order valence-corrected chi connectivity index (χ0v) is 15.4. The Morgan fingerprint density at radius 1 is 1.42 bits per heavy atom. The number of aromatic nitrogens is 2. The number of benzene rings is 1. The van der Waals surface area contributed by atoms with Crippen molar-refractivity contribution in [2.75, 3.05) is 0 Å². The number of aliphatic hydroxyl groups is 1. The van der Waals surface area contributed by atoms with Crippen molar-refractivity contribution in [2.45, 2.75) is 36.8 Å². The van der Waals surface area contributed by atoms with Crippen LogP contribution in [-0.2, 0) is 17.1 Å². The maximum absolute atomic E-state index is 12.8. The SMILES string of the molecule is Cc1ccc(S(N)(=O)=O)cc1C(=O)N[C@H](c1cnn(C)c1)C1CC(O)C1. The number of nitrogens with two attached hydrogens (primary N) is 1. The summed E-state index contributed by atoms with van der Waals surface area (Å²) < 4.78 is 24.8. The van der Waals surface area contributed by atoms with Gasteiger partial charge in [0.2, 0.25) is 10.0 Å². The lowest BCUT2D eigenvalue weighted by Crippen LogP contribution is -2.41. The third kappa shape index (κ3) is 3.79. The smallest absolute Gasteiger partial charge is 0.252 e. The quantitative estimate of drug-likeness (QED) is 0.703. The first kappa shape index (κ1) is 18.6. The largest absolute Gasteiger partial charge is 0.393 e. The first-order chi connectivity index (χ1) is 12.1. The maximum atomic E-state index is 12.8. The number of hydrogen-bond donors (Lipinski definition) is 3. The fourth-order valence-electron chi connectivity index (χ4n) is 3.22. The summed E-state index contributed by atoms with van der Waals surface area (Å²) >= 11 is 0. The number of carbonyl (C=O) groups is 1. The van der Waals surface area contributed by atoms with Crippen LogP contribution in [0.3, 0.4) is 0 Å². The first-order valence-electron chi connectivity index (χ1n) is 8.26. The van der Waals surface area contributed by atoms with Gasteiger partial charge < -0.3 is 10.4 Å². The molecule has 0 bridgehead atoms. The molecule has 1 fully saturated rings. The summed E-state index contributed by atoms with van der Waals surface area (Å²) in [5.74, 6) is -0.289. The number of amides is 1. The fraction of sp³-hybridized carbons (Fsp3) is 0.412. The van der Waals surface area contributed by atoms with Crippen LogP contribution < -0.4 is 10.5 Å². The van der Waals surface area contributed by atoms with E-state index in [4.69, 9.17) is 5.14 Å². The molecule has 1 aliphatic rings. The molecule has 1 atom stereocenters. The number of nitrogens with one attached hydrogen (secondary N) is 1. The molecule has 26 heavy (non-hydrogen) atoms. The lowest BCUT2D eigenvalue weighted by Gasteiger charge is -2.37. The van der Waals surface area contributed by atoms with Gasteiger partial charge in [-0.2, -0.15) is 5.10 Å². The van der Waals surface area contributed by atoms with Gasteiger partial charge >= 0.3 is 0 Å². The number of sulfonamides is 1. The van der Waals surface area contributed by atoms with Crippen LogP contribution in [0.4, 0.5) is 0 Å². The van der Waals surface area contributed by atoms with Crippen LogP contribution in [0.2, 0.25) is 0 Å². The Kier molecular flexibility index (Phi) is 4.87. The Balaban J connectivity index is 1.88. The lowest BCUT2D eigenvalue weighted by molar-refractivity contribution is 0.0235. The molecule has 4 N–H and O–H groups in total. The fourth-order valence-corrected chi connectivity index (χ4v) is 3.76. The third-order valence-electron chi connectivity index (χ3n) is 4.77. The van der Waals surface area contributed by atoms with Crippen molar-refractivity contribution in [1.82, 2.24) is 15.1 Å². The van der Waals surface area contributed by atoms with Crippen LogP contribution in [0, 0.1) is 12.8 Å². The Morgan fingerprint density at radius 2 is 2.12 bits per heavy atom. The van der Waals surface area contributed by atoms with E-state index in [1.54, 1.807) is 30.9 Å². The number of aryl methyl sites for hydroxylation is 2. The molecule has 0 unspecified atom stereocenters. The monoisotopic (exact) mass is 378 g/mol. The molecule has 9 heteroatoms. The summed E-state index contributed by atoms with van der Waals surface area (Å²) in [5.41, 5.74) is 1.75. The van der Waals surface area contributed by atoms with E-state index in [2.05, 4.69) is 10.4 Å². The van der Waals surface area contributed by atoms with Crippen molar-refractivity contribution in [1.29, 1.82) is 0 Å².